The lowest BCUT2D eigenvalue weighted by Gasteiger charge is -2.23. The van der Waals surface area contributed by atoms with Gasteiger partial charge >= 0.3 is 5.97 Å². The molecule has 1 aromatic rings. The quantitative estimate of drug-likeness (QED) is 0.775. The van der Waals surface area contributed by atoms with Gasteiger partial charge in [-0.05, 0) is 27.1 Å². The molecule has 0 fully saturated rings. The van der Waals surface area contributed by atoms with E-state index in [0.29, 0.717) is 13.1 Å². The molecule has 5 heteroatoms. The van der Waals surface area contributed by atoms with Crippen LogP contribution in [-0.4, -0.2) is 59.7 Å². The van der Waals surface area contributed by atoms with E-state index in [1.165, 1.54) is 0 Å². The van der Waals surface area contributed by atoms with Gasteiger partial charge in [0.25, 0.3) is 0 Å². The Morgan fingerprint density at radius 2 is 1.95 bits per heavy atom. The van der Waals surface area contributed by atoms with E-state index in [1.807, 2.05) is 43.0 Å². The maximum absolute atomic E-state index is 10.9. The molecule has 19 heavy (non-hydrogen) atoms. The second-order valence-corrected chi connectivity index (χ2v) is 5.04. The topological polar surface area (TPSA) is 64.0 Å². The molecule has 0 unspecified atom stereocenters. The fourth-order valence-corrected chi connectivity index (χ4v) is 1.83. The standard InChI is InChI=1S/C14H22N2O3/c1-11-4-5-13(17)12(8-11)9-16(10-14(18)19)7-6-15(2)3/h4-5,8,17H,6-7,9-10H2,1-3H3,(H,18,19). The van der Waals surface area contributed by atoms with Crippen molar-refractivity contribution in [1.29, 1.82) is 0 Å². The number of phenolic OH excluding ortho intramolecular Hbond substituents is 1. The molecule has 0 aliphatic carbocycles. The zero-order chi connectivity index (χ0) is 14.4. The van der Waals surface area contributed by atoms with Crippen molar-refractivity contribution in [3.05, 3.63) is 29.3 Å². The summed E-state index contributed by atoms with van der Waals surface area (Å²) >= 11 is 0. The van der Waals surface area contributed by atoms with E-state index in [2.05, 4.69) is 0 Å². The van der Waals surface area contributed by atoms with Crippen molar-refractivity contribution in [3.63, 3.8) is 0 Å². The molecule has 0 radical (unpaired) electrons. The zero-order valence-corrected chi connectivity index (χ0v) is 11.8. The van der Waals surface area contributed by atoms with E-state index in [1.54, 1.807) is 6.07 Å². The number of carboxylic acid groups (broad SMARTS) is 1. The van der Waals surface area contributed by atoms with Gasteiger partial charge in [-0.1, -0.05) is 17.7 Å². The molecule has 106 valence electrons. The van der Waals surface area contributed by atoms with Crippen LogP contribution in [0.5, 0.6) is 5.75 Å². The third-order valence-electron chi connectivity index (χ3n) is 2.85. The maximum Gasteiger partial charge on any atom is 0.317 e. The van der Waals surface area contributed by atoms with Crippen LogP contribution in [0.25, 0.3) is 0 Å². The molecule has 1 aromatic carbocycles. The molecule has 0 spiro atoms. The average Bonchev–Trinajstić information content (AvgIpc) is 2.30. The second kappa shape index (κ2) is 7.11. The Morgan fingerprint density at radius 3 is 2.53 bits per heavy atom. The molecule has 0 heterocycles. The number of aryl methyl sites for hydroxylation is 1. The van der Waals surface area contributed by atoms with Crippen LogP contribution in [0.3, 0.4) is 0 Å². The van der Waals surface area contributed by atoms with Gasteiger partial charge in [0.15, 0.2) is 0 Å². The van der Waals surface area contributed by atoms with Gasteiger partial charge in [-0.25, -0.2) is 0 Å². The first-order valence-electron chi connectivity index (χ1n) is 6.26. The summed E-state index contributed by atoms with van der Waals surface area (Å²) in [5, 5.41) is 18.7. The number of rotatable bonds is 7. The summed E-state index contributed by atoms with van der Waals surface area (Å²) in [6.07, 6.45) is 0. The van der Waals surface area contributed by atoms with E-state index < -0.39 is 5.97 Å². The van der Waals surface area contributed by atoms with Crippen LogP contribution in [0.15, 0.2) is 18.2 Å². The molecule has 1 rings (SSSR count). The monoisotopic (exact) mass is 266 g/mol. The minimum Gasteiger partial charge on any atom is -0.508 e. The highest BCUT2D eigenvalue weighted by Gasteiger charge is 2.13. The molecule has 0 aliphatic heterocycles. The zero-order valence-electron chi connectivity index (χ0n) is 11.8. The first-order chi connectivity index (χ1) is 8.88. The number of nitrogens with zero attached hydrogens (tertiary/aromatic N) is 2. The minimum absolute atomic E-state index is 0.0266. The Morgan fingerprint density at radius 1 is 1.26 bits per heavy atom. The van der Waals surface area contributed by atoms with Crippen molar-refractivity contribution in [3.8, 4) is 5.75 Å². The van der Waals surface area contributed by atoms with E-state index in [9.17, 15) is 9.90 Å². The van der Waals surface area contributed by atoms with Crippen molar-refractivity contribution in [1.82, 2.24) is 9.80 Å². The van der Waals surface area contributed by atoms with E-state index >= 15 is 0 Å². The third kappa shape index (κ3) is 5.72. The van der Waals surface area contributed by atoms with Crippen LogP contribution in [-0.2, 0) is 11.3 Å². The van der Waals surface area contributed by atoms with Crippen LogP contribution in [0.4, 0.5) is 0 Å². The first kappa shape index (κ1) is 15.5. The Labute approximate surface area is 114 Å². The van der Waals surface area contributed by atoms with E-state index in [-0.39, 0.29) is 12.3 Å². The molecule has 0 amide bonds. The van der Waals surface area contributed by atoms with Gasteiger partial charge in [0.1, 0.15) is 5.75 Å². The molecule has 5 nitrogen and oxygen atoms in total. The van der Waals surface area contributed by atoms with Gasteiger partial charge in [-0.15, -0.1) is 0 Å². The molecule has 0 aromatic heterocycles. The molecular formula is C14H22N2O3. The molecule has 0 bridgehead atoms. The number of hydrogen-bond donors (Lipinski definition) is 2. The highest BCUT2D eigenvalue weighted by Crippen LogP contribution is 2.19. The van der Waals surface area contributed by atoms with Crippen molar-refractivity contribution in [2.45, 2.75) is 13.5 Å². The predicted molar refractivity (Wildman–Crippen MR) is 74.3 cm³/mol. The van der Waals surface area contributed by atoms with Gasteiger partial charge in [0.05, 0.1) is 6.54 Å². The SMILES string of the molecule is Cc1ccc(O)c(CN(CCN(C)C)CC(=O)O)c1. The average molecular weight is 266 g/mol. The fourth-order valence-electron chi connectivity index (χ4n) is 1.83. The maximum atomic E-state index is 10.9. The van der Waals surface area contributed by atoms with Crippen LogP contribution in [0.1, 0.15) is 11.1 Å². The first-order valence-corrected chi connectivity index (χ1v) is 6.26. The van der Waals surface area contributed by atoms with Gasteiger partial charge in [-0.2, -0.15) is 0 Å². The van der Waals surface area contributed by atoms with Crippen molar-refractivity contribution < 1.29 is 15.0 Å². The van der Waals surface area contributed by atoms with Crippen molar-refractivity contribution in [2.24, 2.45) is 0 Å². The van der Waals surface area contributed by atoms with Crippen LogP contribution < -0.4 is 0 Å². The number of likely N-dealkylation sites (N-methyl/N-ethyl adjacent to an activating group) is 1. The largest absolute Gasteiger partial charge is 0.508 e. The summed E-state index contributed by atoms with van der Waals surface area (Å²) in [6.45, 7) is 3.78. The van der Waals surface area contributed by atoms with Crippen LogP contribution in [0, 0.1) is 6.92 Å². The fraction of sp³-hybridized carbons (Fsp3) is 0.500. The lowest BCUT2D eigenvalue weighted by molar-refractivity contribution is -0.138. The smallest absolute Gasteiger partial charge is 0.317 e. The number of aliphatic carboxylic acids is 1. The van der Waals surface area contributed by atoms with Crippen molar-refractivity contribution in [2.75, 3.05) is 33.7 Å². The van der Waals surface area contributed by atoms with Crippen LogP contribution >= 0.6 is 0 Å². The summed E-state index contributed by atoms with van der Waals surface area (Å²) in [5.41, 5.74) is 1.82. The molecule has 0 aliphatic rings. The summed E-state index contributed by atoms with van der Waals surface area (Å²) in [5.74, 6) is -0.642. The molecular weight excluding hydrogens is 244 g/mol. The number of carbonyl (C=O) groups is 1. The van der Waals surface area contributed by atoms with Crippen molar-refractivity contribution >= 4 is 5.97 Å². The molecule has 0 saturated carbocycles. The number of carboxylic acids is 1. The Hall–Kier alpha value is -1.59. The number of phenols is 1. The second-order valence-electron chi connectivity index (χ2n) is 5.04. The van der Waals surface area contributed by atoms with Gasteiger partial charge in [-0.3, -0.25) is 9.69 Å². The molecule has 2 N–H and O–H groups in total. The van der Waals surface area contributed by atoms with E-state index in [0.717, 1.165) is 17.7 Å². The van der Waals surface area contributed by atoms with E-state index in [4.69, 9.17) is 5.11 Å². The number of hydrogen-bond acceptors (Lipinski definition) is 4. The Bertz CT molecular complexity index is 433. The summed E-state index contributed by atoms with van der Waals surface area (Å²) in [7, 11) is 3.90. The van der Waals surface area contributed by atoms with Crippen LogP contribution in [0.2, 0.25) is 0 Å². The summed E-state index contributed by atoms with van der Waals surface area (Å²) < 4.78 is 0. The highest BCUT2D eigenvalue weighted by molar-refractivity contribution is 5.69. The minimum atomic E-state index is -0.856. The lowest BCUT2D eigenvalue weighted by Crippen LogP contribution is -2.35. The Kier molecular flexibility index (Phi) is 5.79. The third-order valence-corrected chi connectivity index (χ3v) is 2.85. The van der Waals surface area contributed by atoms with Gasteiger partial charge in [0, 0.05) is 25.2 Å². The molecule has 0 saturated heterocycles. The lowest BCUT2D eigenvalue weighted by atomic mass is 10.1. The van der Waals surface area contributed by atoms with Gasteiger partial charge in [0.2, 0.25) is 0 Å². The number of benzene rings is 1. The Balaban J connectivity index is 2.74. The normalized spacial score (nSPS) is 11.2. The highest BCUT2D eigenvalue weighted by atomic mass is 16.4. The molecule has 0 atom stereocenters. The predicted octanol–water partition coefficient (Wildman–Crippen LogP) is 1.15. The van der Waals surface area contributed by atoms with Gasteiger partial charge < -0.3 is 15.1 Å². The summed E-state index contributed by atoms with van der Waals surface area (Å²) in [4.78, 5) is 14.7. The summed E-state index contributed by atoms with van der Waals surface area (Å²) in [6, 6.07) is 5.37. The number of aromatic hydroxyl groups is 1.